The molecule has 9 nitrogen and oxygen atoms in total. The molecule has 0 amide bonds. The molecule has 0 radical (unpaired) electrons. The van der Waals surface area contributed by atoms with E-state index >= 15 is 0 Å². The average Bonchev–Trinajstić information content (AvgIpc) is 3.02. The molecule has 0 spiro atoms. The van der Waals surface area contributed by atoms with Gasteiger partial charge in [0, 0.05) is 84.1 Å². The highest BCUT2D eigenvalue weighted by molar-refractivity contribution is 6.03. The van der Waals surface area contributed by atoms with E-state index in [0.29, 0.717) is 18.2 Å². The Morgan fingerprint density at radius 3 is 2.42 bits per heavy atom. The maximum atomic E-state index is 12.7. The molecule has 0 bridgehead atoms. The summed E-state index contributed by atoms with van der Waals surface area (Å²) in [5, 5.41) is 15.8. The minimum Gasteiger partial charge on any atom is -0.393 e. The molecule has 1 aliphatic carbocycles. The molecule has 4 heterocycles. The van der Waals surface area contributed by atoms with E-state index in [2.05, 4.69) is 45.2 Å². The third kappa shape index (κ3) is 6.22. The number of aliphatic hydroxyl groups is 1. The number of aromatic nitrogens is 4. The van der Waals surface area contributed by atoms with Crippen molar-refractivity contribution in [2.75, 3.05) is 34.8 Å². The minimum atomic E-state index is -0.206. The second-order valence-corrected chi connectivity index (χ2v) is 12.1. The highest BCUT2D eigenvalue weighted by Crippen LogP contribution is 2.38. The number of nitrogens with zero attached hydrogens (tertiary/aromatic N) is 5. The fourth-order valence-electron chi connectivity index (χ4n) is 6.81. The van der Waals surface area contributed by atoms with Crippen molar-refractivity contribution < 1.29 is 5.11 Å². The molecule has 4 aromatic rings. The molecule has 2 fully saturated rings. The predicted octanol–water partition coefficient (Wildman–Crippen LogP) is 5.73. The molecule has 0 atom stereocenters. The van der Waals surface area contributed by atoms with Gasteiger partial charge in [0.05, 0.1) is 6.10 Å². The van der Waals surface area contributed by atoms with Crippen LogP contribution in [-0.4, -0.2) is 56.8 Å². The first-order valence-electron chi connectivity index (χ1n) is 15.8. The van der Waals surface area contributed by atoms with Crippen LogP contribution >= 0.6 is 0 Å². The Balaban J connectivity index is 1.41. The number of anilines is 3. The highest BCUT2D eigenvalue weighted by Gasteiger charge is 2.26. The molecule has 1 aliphatic heterocycles. The molecule has 9 heteroatoms. The number of fused-ring (bicyclic) bond motifs is 1. The Morgan fingerprint density at radius 1 is 0.977 bits per heavy atom. The van der Waals surface area contributed by atoms with Gasteiger partial charge in [-0.15, -0.1) is 0 Å². The van der Waals surface area contributed by atoms with E-state index in [4.69, 9.17) is 15.0 Å². The first-order chi connectivity index (χ1) is 20.9. The van der Waals surface area contributed by atoms with Crippen LogP contribution in [0.3, 0.4) is 0 Å². The van der Waals surface area contributed by atoms with Gasteiger partial charge in [-0.3, -0.25) is 4.79 Å². The molecular formula is C34H43N7O2. The lowest BCUT2D eigenvalue weighted by Crippen LogP contribution is -2.39. The lowest BCUT2D eigenvalue weighted by molar-refractivity contribution is 0.122. The molecule has 3 N–H and O–H groups in total. The third-order valence-electron chi connectivity index (χ3n) is 9.15. The maximum absolute atomic E-state index is 12.7. The third-order valence-corrected chi connectivity index (χ3v) is 9.15. The SMILES string of the molecule is CCN(c1cc(-c2cnc(N3CCCCC3)nc2)cc2c(NCc3c(C)cc(C)[nH]c3=O)nccc12)C1CCC(O)CC1. The van der Waals surface area contributed by atoms with Crippen LogP contribution in [0.5, 0.6) is 0 Å². The number of piperidine rings is 1. The van der Waals surface area contributed by atoms with Crippen LogP contribution in [0.2, 0.25) is 0 Å². The number of rotatable bonds is 8. The zero-order valence-corrected chi connectivity index (χ0v) is 25.6. The van der Waals surface area contributed by atoms with Crippen molar-refractivity contribution in [3.05, 3.63) is 70.0 Å². The Morgan fingerprint density at radius 2 is 1.72 bits per heavy atom. The second-order valence-electron chi connectivity index (χ2n) is 12.1. The topological polar surface area (TPSA) is 110 Å². The van der Waals surface area contributed by atoms with Gasteiger partial charge < -0.3 is 25.2 Å². The maximum Gasteiger partial charge on any atom is 0.253 e. The molecule has 0 unspecified atom stereocenters. The summed E-state index contributed by atoms with van der Waals surface area (Å²) in [4.78, 5) is 34.7. The van der Waals surface area contributed by atoms with E-state index in [-0.39, 0.29) is 11.7 Å². The fourth-order valence-corrected chi connectivity index (χ4v) is 6.81. The molecule has 1 saturated carbocycles. The quantitative estimate of drug-likeness (QED) is 0.242. The zero-order chi connectivity index (χ0) is 29.9. The number of hydrogen-bond donors (Lipinski definition) is 3. The Bertz CT molecular complexity index is 1620. The van der Waals surface area contributed by atoms with Gasteiger partial charge in [-0.2, -0.15) is 0 Å². The van der Waals surface area contributed by atoms with Crippen molar-refractivity contribution in [3.8, 4) is 11.1 Å². The smallest absolute Gasteiger partial charge is 0.253 e. The van der Waals surface area contributed by atoms with Gasteiger partial charge in [-0.25, -0.2) is 15.0 Å². The first-order valence-corrected chi connectivity index (χ1v) is 15.8. The summed E-state index contributed by atoms with van der Waals surface area (Å²) in [6.07, 6.45) is 12.7. The van der Waals surface area contributed by atoms with Crippen LogP contribution in [0.4, 0.5) is 17.5 Å². The molecule has 226 valence electrons. The van der Waals surface area contributed by atoms with Crippen LogP contribution < -0.4 is 20.7 Å². The highest BCUT2D eigenvalue weighted by atomic mass is 16.3. The Labute approximate surface area is 253 Å². The van der Waals surface area contributed by atoms with E-state index in [1.54, 1.807) is 0 Å². The van der Waals surface area contributed by atoms with E-state index < -0.39 is 0 Å². The number of aromatic amines is 1. The number of nitrogens with one attached hydrogen (secondary N) is 2. The van der Waals surface area contributed by atoms with Gasteiger partial charge in [0.15, 0.2) is 0 Å². The molecule has 3 aromatic heterocycles. The van der Waals surface area contributed by atoms with Gasteiger partial charge in [0.2, 0.25) is 5.95 Å². The zero-order valence-electron chi connectivity index (χ0n) is 25.6. The summed E-state index contributed by atoms with van der Waals surface area (Å²) in [7, 11) is 0. The van der Waals surface area contributed by atoms with Crippen molar-refractivity contribution in [1.82, 2.24) is 19.9 Å². The molecule has 1 saturated heterocycles. The van der Waals surface area contributed by atoms with Gasteiger partial charge in [-0.1, -0.05) is 0 Å². The van der Waals surface area contributed by atoms with Crippen molar-refractivity contribution >= 4 is 28.2 Å². The van der Waals surface area contributed by atoms with Gasteiger partial charge >= 0.3 is 0 Å². The van der Waals surface area contributed by atoms with Crippen LogP contribution in [0, 0.1) is 13.8 Å². The fraction of sp³-hybridized carbons (Fsp3) is 0.471. The van der Waals surface area contributed by atoms with E-state index in [1.807, 2.05) is 38.5 Å². The standard InChI is InChI=1S/C34H43N7O2/c1-4-41(26-8-10-27(42)11-9-26)31-18-24(25-19-37-34(38-20-25)40-14-6-5-7-15-40)17-29-28(31)12-13-35-32(29)36-21-30-22(2)16-23(3)39-33(30)43/h12-13,16-20,26-27,42H,4-11,14-15,21H2,1-3H3,(H,35,36)(H,39,43). The molecule has 43 heavy (non-hydrogen) atoms. The van der Waals surface area contributed by atoms with Crippen LogP contribution in [0.15, 0.2) is 47.7 Å². The van der Waals surface area contributed by atoms with Crippen molar-refractivity contribution in [2.24, 2.45) is 0 Å². The summed E-state index contributed by atoms with van der Waals surface area (Å²) in [5.74, 6) is 1.53. The van der Waals surface area contributed by atoms with Gasteiger partial charge in [0.25, 0.3) is 5.56 Å². The first kappa shape index (κ1) is 29.1. The monoisotopic (exact) mass is 581 g/mol. The average molecular weight is 582 g/mol. The van der Waals surface area contributed by atoms with Crippen LogP contribution in [-0.2, 0) is 6.54 Å². The van der Waals surface area contributed by atoms with Gasteiger partial charge in [-0.05, 0) is 101 Å². The summed E-state index contributed by atoms with van der Waals surface area (Å²) in [6.45, 7) is 9.31. The lowest BCUT2D eigenvalue weighted by Gasteiger charge is -2.37. The lowest BCUT2D eigenvalue weighted by atomic mass is 9.91. The number of hydrogen-bond acceptors (Lipinski definition) is 8. The summed E-state index contributed by atoms with van der Waals surface area (Å²) < 4.78 is 0. The number of pyridine rings is 2. The molecular weight excluding hydrogens is 538 g/mol. The normalized spacial score (nSPS) is 19.0. The molecule has 2 aliphatic rings. The second kappa shape index (κ2) is 12.7. The van der Waals surface area contributed by atoms with Crippen molar-refractivity contribution in [3.63, 3.8) is 0 Å². The van der Waals surface area contributed by atoms with E-state index in [0.717, 1.165) is 95.9 Å². The number of aryl methyl sites for hydroxylation is 2. The number of H-pyrrole nitrogens is 1. The molecule has 6 rings (SSSR count). The predicted molar refractivity (Wildman–Crippen MR) is 174 cm³/mol. The summed E-state index contributed by atoms with van der Waals surface area (Å²) in [6, 6.07) is 8.86. The Hall–Kier alpha value is -3.98. The molecule has 1 aromatic carbocycles. The number of benzene rings is 1. The van der Waals surface area contributed by atoms with Crippen molar-refractivity contribution in [1.29, 1.82) is 0 Å². The van der Waals surface area contributed by atoms with Crippen LogP contribution in [0.25, 0.3) is 21.9 Å². The van der Waals surface area contributed by atoms with Crippen LogP contribution in [0.1, 0.15) is 68.7 Å². The summed E-state index contributed by atoms with van der Waals surface area (Å²) in [5.41, 5.74) is 5.58. The summed E-state index contributed by atoms with van der Waals surface area (Å²) >= 11 is 0. The number of aliphatic hydroxyl groups excluding tert-OH is 1. The van der Waals surface area contributed by atoms with E-state index in [9.17, 15) is 9.90 Å². The van der Waals surface area contributed by atoms with Gasteiger partial charge in [0.1, 0.15) is 5.82 Å². The van der Waals surface area contributed by atoms with E-state index in [1.165, 1.54) is 19.3 Å². The minimum absolute atomic E-state index is 0.0748. The Kier molecular flexibility index (Phi) is 8.61. The van der Waals surface area contributed by atoms with Crippen molar-refractivity contribution in [2.45, 2.75) is 84.4 Å². The largest absolute Gasteiger partial charge is 0.393 e.